The number of fused-ring (bicyclic) bond motifs is 1. The summed E-state index contributed by atoms with van der Waals surface area (Å²) < 4.78 is 10.7. The lowest BCUT2D eigenvalue weighted by Gasteiger charge is -2.28. The minimum atomic E-state index is -0.607. The van der Waals surface area contributed by atoms with Crippen LogP contribution in [0.4, 0.5) is 0 Å². The zero-order valence-corrected chi connectivity index (χ0v) is 13.8. The van der Waals surface area contributed by atoms with E-state index in [-0.39, 0.29) is 5.82 Å². The molecule has 1 aliphatic heterocycles. The lowest BCUT2D eigenvalue weighted by atomic mass is 10.1. The van der Waals surface area contributed by atoms with Crippen LogP contribution < -0.4 is 15.2 Å². The second-order valence-electron chi connectivity index (χ2n) is 5.67. The summed E-state index contributed by atoms with van der Waals surface area (Å²) in [6.07, 6.45) is 2.53. The molecule has 126 valence electrons. The number of carbonyl (C=O) groups excluding carboxylic acids is 1. The Morgan fingerprint density at radius 2 is 2.17 bits per heavy atom. The lowest BCUT2D eigenvalue weighted by Crippen LogP contribution is -2.32. The highest BCUT2D eigenvalue weighted by Crippen LogP contribution is 2.27. The molecule has 0 atom stereocenters. The number of primary amides is 1. The number of methoxy groups -OCH3 is 2. The molecule has 1 aromatic carbocycles. The molecule has 0 aliphatic carbocycles. The van der Waals surface area contributed by atoms with Crippen LogP contribution in [0.1, 0.15) is 27.4 Å². The van der Waals surface area contributed by atoms with Crippen molar-refractivity contribution in [3.63, 3.8) is 0 Å². The summed E-state index contributed by atoms with van der Waals surface area (Å²) in [4.78, 5) is 21.8. The number of hydrogen-bond acceptors (Lipinski definition) is 6. The minimum Gasteiger partial charge on any atom is -0.497 e. The molecule has 0 saturated heterocycles. The van der Waals surface area contributed by atoms with E-state index >= 15 is 0 Å². The van der Waals surface area contributed by atoms with Crippen LogP contribution in [0.25, 0.3) is 0 Å². The third-order valence-corrected chi connectivity index (χ3v) is 4.13. The molecule has 0 unspecified atom stereocenters. The van der Waals surface area contributed by atoms with Crippen molar-refractivity contribution < 1.29 is 14.3 Å². The minimum absolute atomic E-state index is 0.0644. The van der Waals surface area contributed by atoms with Gasteiger partial charge in [-0.25, -0.2) is 9.97 Å². The van der Waals surface area contributed by atoms with Crippen molar-refractivity contribution in [3.05, 3.63) is 47.0 Å². The van der Waals surface area contributed by atoms with Crippen molar-refractivity contribution >= 4 is 5.91 Å². The average molecular weight is 328 g/mol. The van der Waals surface area contributed by atoms with Crippen LogP contribution in [0, 0.1) is 0 Å². The van der Waals surface area contributed by atoms with Crippen LogP contribution in [0.5, 0.6) is 11.5 Å². The Bertz CT molecular complexity index is 763. The van der Waals surface area contributed by atoms with Crippen LogP contribution in [0.3, 0.4) is 0 Å². The molecule has 1 amide bonds. The molecule has 0 bridgehead atoms. The second kappa shape index (κ2) is 6.84. The largest absolute Gasteiger partial charge is 0.497 e. The van der Waals surface area contributed by atoms with Gasteiger partial charge in [-0.1, -0.05) is 0 Å². The summed E-state index contributed by atoms with van der Waals surface area (Å²) in [5.41, 5.74) is 8.23. The van der Waals surface area contributed by atoms with E-state index < -0.39 is 5.91 Å². The van der Waals surface area contributed by atoms with Gasteiger partial charge in [0, 0.05) is 31.4 Å². The van der Waals surface area contributed by atoms with Crippen molar-refractivity contribution in [3.8, 4) is 11.5 Å². The standard InChI is InChI=1S/C17H20N4O3/c1-23-13-3-4-15(24-2)12(7-13)9-21-6-5-11-8-19-17(16(18)22)20-14(11)10-21/h3-4,7-8H,5-6,9-10H2,1-2H3,(H2,18,22). The van der Waals surface area contributed by atoms with Crippen molar-refractivity contribution in [1.82, 2.24) is 14.9 Å². The average Bonchev–Trinajstić information content (AvgIpc) is 2.61. The number of nitrogens with two attached hydrogens (primary N) is 1. The van der Waals surface area contributed by atoms with Crippen LogP contribution in [0.15, 0.2) is 24.4 Å². The Labute approximate surface area is 140 Å². The highest BCUT2D eigenvalue weighted by atomic mass is 16.5. The number of nitrogens with zero attached hydrogens (tertiary/aromatic N) is 3. The Morgan fingerprint density at radius 1 is 1.33 bits per heavy atom. The van der Waals surface area contributed by atoms with Gasteiger partial charge in [-0.05, 0) is 30.2 Å². The molecule has 2 aromatic rings. The smallest absolute Gasteiger partial charge is 0.286 e. The van der Waals surface area contributed by atoms with Crippen molar-refractivity contribution in [2.24, 2.45) is 5.73 Å². The fourth-order valence-corrected chi connectivity index (χ4v) is 2.86. The van der Waals surface area contributed by atoms with E-state index in [0.29, 0.717) is 13.1 Å². The molecule has 1 aromatic heterocycles. The summed E-state index contributed by atoms with van der Waals surface area (Å²) in [6, 6.07) is 5.75. The maximum absolute atomic E-state index is 11.3. The van der Waals surface area contributed by atoms with Crippen LogP contribution in [-0.2, 0) is 19.5 Å². The zero-order valence-electron chi connectivity index (χ0n) is 13.8. The molecular weight excluding hydrogens is 308 g/mol. The van der Waals surface area contributed by atoms with Crippen LogP contribution in [0.2, 0.25) is 0 Å². The van der Waals surface area contributed by atoms with E-state index in [1.807, 2.05) is 18.2 Å². The second-order valence-corrected chi connectivity index (χ2v) is 5.67. The number of hydrogen-bond donors (Lipinski definition) is 1. The maximum atomic E-state index is 11.3. The first-order valence-corrected chi connectivity index (χ1v) is 7.68. The molecule has 0 spiro atoms. The monoisotopic (exact) mass is 328 g/mol. The molecule has 7 heteroatoms. The Kier molecular flexibility index (Phi) is 4.61. The first-order valence-electron chi connectivity index (χ1n) is 7.68. The van der Waals surface area contributed by atoms with Crippen molar-refractivity contribution in [1.29, 1.82) is 0 Å². The predicted octanol–water partition coefficient (Wildman–Crippen LogP) is 1.15. The topological polar surface area (TPSA) is 90.6 Å². The van der Waals surface area contributed by atoms with Gasteiger partial charge in [0.1, 0.15) is 11.5 Å². The normalized spacial score (nSPS) is 14.1. The molecule has 2 heterocycles. The predicted molar refractivity (Wildman–Crippen MR) is 87.9 cm³/mol. The zero-order chi connectivity index (χ0) is 17.1. The third-order valence-electron chi connectivity index (χ3n) is 4.13. The summed E-state index contributed by atoms with van der Waals surface area (Å²) in [5.74, 6) is 1.07. The third kappa shape index (κ3) is 3.30. The van der Waals surface area contributed by atoms with E-state index in [0.717, 1.165) is 41.3 Å². The van der Waals surface area contributed by atoms with Gasteiger partial charge in [0.25, 0.3) is 5.91 Å². The van der Waals surface area contributed by atoms with E-state index in [4.69, 9.17) is 15.2 Å². The lowest BCUT2D eigenvalue weighted by molar-refractivity contribution is 0.0989. The Hall–Kier alpha value is -2.67. The quantitative estimate of drug-likeness (QED) is 0.885. The van der Waals surface area contributed by atoms with Gasteiger partial charge in [-0.3, -0.25) is 9.69 Å². The summed E-state index contributed by atoms with van der Waals surface area (Å²) >= 11 is 0. The van der Waals surface area contributed by atoms with E-state index in [1.54, 1.807) is 20.4 Å². The summed E-state index contributed by atoms with van der Waals surface area (Å²) in [5, 5.41) is 0. The van der Waals surface area contributed by atoms with E-state index in [1.165, 1.54) is 0 Å². The fraction of sp³-hybridized carbons (Fsp3) is 0.353. The summed E-state index contributed by atoms with van der Waals surface area (Å²) in [6.45, 7) is 2.22. The van der Waals surface area contributed by atoms with Gasteiger partial charge in [0.2, 0.25) is 5.82 Å². The van der Waals surface area contributed by atoms with Crippen molar-refractivity contribution in [2.45, 2.75) is 19.5 Å². The highest BCUT2D eigenvalue weighted by Gasteiger charge is 2.21. The Balaban J connectivity index is 1.81. The number of aromatic nitrogens is 2. The number of benzene rings is 1. The molecule has 24 heavy (non-hydrogen) atoms. The van der Waals surface area contributed by atoms with Gasteiger partial charge in [0.15, 0.2) is 0 Å². The molecule has 2 N–H and O–H groups in total. The maximum Gasteiger partial charge on any atom is 0.286 e. The Morgan fingerprint density at radius 3 is 2.88 bits per heavy atom. The van der Waals surface area contributed by atoms with Gasteiger partial charge in [-0.2, -0.15) is 0 Å². The van der Waals surface area contributed by atoms with Gasteiger partial charge >= 0.3 is 0 Å². The SMILES string of the molecule is COc1ccc(OC)c(CN2CCc3cnc(C(N)=O)nc3C2)c1. The van der Waals surface area contributed by atoms with Gasteiger partial charge < -0.3 is 15.2 Å². The van der Waals surface area contributed by atoms with Gasteiger partial charge in [-0.15, -0.1) is 0 Å². The molecule has 0 saturated carbocycles. The van der Waals surface area contributed by atoms with Crippen molar-refractivity contribution in [2.75, 3.05) is 20.8 Å². The van der Waals surface area contributed by atoms with Crippen LogP contribution >= 0.6 is 0 Å². The molecule has 3 rings (SSSR count). The number of ether oxygens (including phenoxy) is 2. The highest BCUT2D eigenvalue weighted by molar-refractivity contribution is 5.88. The van der Waals surface area contributed by atoms with E-state index in [9.17, 15) is 4.79 Å². The fourth-order valence-electron chi connectivity index (χ4n) is 2.86. The first kappa shape index (κ1) is 16.2. The summed E-state index contributed by atoms with van der Waals surface area (Å²) in [7, 11) is 3.30. The molecule has 0 radical (unpaired) electrons. The molecule has 1 aliphatic rings. The number of rotatable bonds is 5. The van der Waals surface area contributed by atoms with Crippen LogP contribution in [-0.4, -0.2) is 41.5 Å². The number of amides is 1. The van der Waals surface area contributed by atoms with Gasteiger partial charge in [0.05, 0.1) is 19.9 Å². The molecule has 7 nitrogen and oxygen atoms in total. The first-order chi connectivity index (χ1) is 11.6. The molecule has 0 fully saturated rings. The van der Waals surface area contributed by atoms with E-state index in [2.05, 4.69) is 14.9 Å². The molecular formula is C17H20N4O3. The number of carbonyl (C=O) groups is 1.